The zero-order chi connectivity index (χ0) is 11.8. The molecule has 0 N–H and O–H groups in total. The van der Waals surface area contributed by atoms with Crippen LogP contribution in [0.3, 0.4) is 0 Å². The molecule has 0 unspecified atom stereocenters. The fourth-order valence-corrected chi connectivity index (χ4v) is 2.16. The van der Waals surface area contributed by atoms with Crippen LogP contribution in [0, 0.1) is 6.92 Å². The zero-order valence-electron chi connectivity index (χ0n) is 9.51. The summed E-state index contributed by atoms with van der Waals surface area (Å²) in [6.07, 6.45) is 2.63. The average molecular weight is 228 g/mol. The van der Waals surface area contributed by atoms with E-state index in [0.29, 0.717) is 6.61 Å². The third kappa shape index (κ3) is 1.53. The van der Waals surface area contributed by atoms with Crippen LogP contribution in [0.2, 0.25) is 0 Å². The molecule has 0 saturated carbocycles. The van der Waals surface area contributed by atoms with Crippen LogP contribution < -0.4 is 4.74 Å². The molecule has 2 heterocycles. The summed E-state index contributed by atoms with van der Waals surface area (Å²) < 4.78 is 7.38. The Morgan fingerprint density at radius 1 is 1.53 bits per heavy atom. The first kappa shape index (κ1) is 10.1. The molecule has 3 rings (SSSR count). The Morgan fingerprint density at radius 2 is 2.41 bits per heavy atom. The van der Waals surface area contributed by atoms with Gasteiger partial charge in [-0.3, -0.25) is 4.68 Å². The van der Waals surface area contributed by atoms with E-state index < -0.39 is 0 Å². The molecule has 0 aliphatic carbocycles. The lowest BCUT2D eigenvalue weighted by atomic mass is 10.0. The number of ether oxygens (including phenoxy) is 1. The molecule has 4 heteroatoms. The third-order valence-corrected chi connectivity index (χ3v) is 2.94. The summed E-state index contributed by atoms with van der Waals surface area (Å²) >= 11 is 0. The SMILES string of the molecule is Cc1ccc2c(c1)-c1c(cnn1CC=O)CO2. The van der Waals surface area contributed by atoms with E-state index in [9.17, 15) is 4.79 Å². The van der Waals surface area contributed by atoms with Gasteiger partial charge in [0.25, 0.3) is 0 Å². The normalized spacial score (nSPS) is 12.5. The van der Waals surface area contributed by atoms with Gasteiger partial charge in [-0.15, -0.1) is 0 Å². The number of hydrogen-bond donors (Lipinski definition) is 0. The number of nitrogens with zero attached hydrogens (tertiary/aromatic N) is 2. The first-order valence-electron chi connectivity index (χ1n) is 5.52. The predicted molar refractivity (Wildman–Crippen MR) is 62.8 cm³/mol. The van der Waals surface area contributed by atoms with Crippen LogP contribution in [0.5, 0.6) is 5.75 Å². The number of fused-ring (bicyclic) bond motifs is 3. The number of carbonyl (C=O) groups is 1. The monoisotopic (exact) mass is 228 g/mol. The maximum absolute atomic E-state index is 10.6. The van der Waals surface area contributed by atoms with Gasteiger partial charge in [-0.05, 0) is 19.1 Å². The van der Waals surface area contributed by atoms with Crippen LogP contribution in [0.15, 0.2) is 24.4 Å². The maximum Gasteiger partial charge on any atom is 0.141 e. The molecule has 0 saturated heterocycles. The van der Waals surface area contributed by atoms with E-state index >= 15 is 0 Å². The second-order valence-corrected chi connectivity index (χ2v) is 4.16. The quantitative estimate of drug-likeness (QED) is 0.738. The summed E-state index contributed by atoms with van der Waals surface area (Å²) in [5.41, 5.74) is 4.22. The molecule has 2 aromatic rings. The van der Waals surface area contributed by atoms with E-state index in [-0.39, 0.29) is 6.54 Å². The highest BCUT2D eigenvalue weighted by Gasteiger charge is 2.21. The van der Waals surface area contributed by atoms with Crippen molar-refractivity contribution in [3.63, 3.8) is 0 Å². The molecule has 1 aromatic carbocycles. The van der Waals surface area contributed by atoms with Crippen LogP contribution in [0.25, 0.3) is 11.3 Å². The number of aldehydes is 1. The molecule has 1 aliphatic rings. The summed E-state index contributed by atoms with van der Waals surface area (Å²) in [6.45, 7) is 2.84. The Labute approximate surface area is 98.8 Å². The van der Waals surface area contributed by atoms with E-state index in [1.165, 1.54) is 5.56 Å². The number of aryl methyl sites for hydroxylation is 1. The van der Waals surface area contributed by atoms with Crippen molar-refractivity contribution in [2.24, 2.45) is 0 Å². The van der Waals surface area contributed by atoms with E-state index in [4.69, 9.17) is 4.74 Å². The highest BCUT2D eigenvalue weighted by Crippen LogP contribution is 2.37. The lowest BCUT2D eigenvalue weighted by Gasteiger charge is -2.19. The van der Waals surface area contributed by atoms with E-state index in [2.05, 4.69) is 11.2 Å². The van der Waals surface area contributed by atoms with Crippen molar-refractivity contribution in [3.8, 4) is 17.0 Å². The van der Waals surface area contributed by atoms with Gasteiger partial charge in [0.2, 0.25) is 0 Å². The second kappa shape index (κ2) is 3.73. The highest BCUT2D eigenvalue weighted by molar-refractivity contribution is 5.73. The first-order chi connectivity index (χ1) is 8.29. The van der Waals surface area contributed by atoms with Crippen molar-refractivity contribution in [3.05, 3.63) is 35.5 Å². The van der Waals surface area contributed by atoms with Gasteiger partial charge >= 0.3 is 0 Å². The lowest BCUT2D eigenvalue weighted by Crippen LogP contribution is -2.09. The topological polar surface area (TPSA) is 44.1 Å². The lowest BCUT2D eigenvalue weighted by molar-refractivity contribution is -0.108. The van der Waals surface area contributed by atoms with Gasteiger partial charge in [0.05, 0.1) is 18.4 Å². The van der Waals surface area contributed by atoms with Gasteiger partial charge < -0.3 is 9.53 Å². The number of hydrogen-bond acceptors (Lipinski definition) is 3. The van der Waals surface area contributed by atoms with Crippen molar-refractivity contribution < 1.29 is 9.53 Å². The molecule has 17 heavy (non-hydrogen) atoms. The third-order valence-electron chi connectivity index (χ3n) is 2.94. The van der Waals surface area contributed by atoms with Crippen LogP contribution >= 0.6 is 0 Å². The number of aromatic nitrogens is 2. The van der Waals surface area contributed by atoms with E-state index in [1.807, 2.05) is 19.1 Å². The molecular weight excluding hydrogens is 216 g/mol. The van der Waals surface area contributed by atoms with Crippen LogP contribution in [0.4, 0.5) is 0 Å². The van der Waals surface area contributed by atoms with Crippen molar-refractivity contribution in [2.45, 2.75) is 20.1 Å². The van der Waals surface area contributed by atoms with Crippen molar-refractivity contribution >= 4 is 6.29 Å². The van der Waals surface area contributed by atoms with E-state index in [1.54, 1.807) is 10.9 Å². The molecule has 0 bridgehead atoms. The number of carbonyl (C=O) groups excluding carboxylic acids is 1. The fraction of sp³-hybridized carbons (Fsp3) is 0.231. The molecule has 0 fully saturated rings. The number of rotatable bonds is 2. The van der Waals surface area contributed by atoms with Crippen molar-refractivity contribution in [2.75, 3.05) is 0 Å². The standard InChI is InChI=1S/C13H12N2O2/c1-9-2-3-12-11(6-9)13-10(8-17-12)7-14-15(13)4-5-16/h2-3,5-7H,4,8H2,1H3. The molecule has 0 radical (unpaired) electrons. The summed E-state index contributed by atoms with van der Waals surface area (Å²) in [4.78, 5) is 10.6. The largest absolute Gasteiger partial charge is 0.488 e. The molecule has 0 spiro atoms. The number of benzene rings is 1. The van der Waals surface area contributed by atoms with Gasteiger partial charge in [0, 0.05) is 11.1 Å². The second-order valence-electron chi connectivity index (χ2n) is 4.16. The van der Waals surface area contributed by atoms with Gasteiger partial charge in [0.15, 0.2) is 0 Å². The predicted octanol–water partition coefficient (Wildman–Crippen LogP) is 1.95. The summed E-state index contributed by atoms with van der Waals surface area (Å²) in [5, 5.41) is 4.22. The molecule has 0 atom stereocenters. The van der Waals surface area contributed by atoms with Crippen LogP contribution in [-0.2, 0) is 17.9 Å². The Hall–Kier alpha value is -2.10. The minimum absolute atomic E-state index is 0.280. The Kier molecular flexibility index (Phi) is 2.21. The average Bonchev–Trinajstić information content (AvgIpc) is 2.73. The molecule has 4 nitrogen and oxygen atoms in total. The van der Waals surface area contributed by atoms with Crippen LogP contribution in [-0.4, -0.2) is 16.1 Å². The van der Waals surface area contributed by atoms with Crippen LogP contribution in [0.1, 0.15) is 11.1 Å². The van der Waals surface area contributed by atoms with E-state index in [0.717, 1.165) is 28.9 Å². The van der Waals surface area contributed by atoms with Crippen molar-refractivity contribution in [1.29, 1.82) is 0 Å². The fourth-order valence-electron chi connectivity index (χ4n) is 2.16. The molecule has 1 aliphatic heterocycles. The minimum Gasteiger partial charge on any atom is -0.488 e. The summed E-state index contributed by atoms with van der Waals surface area (Å²) in [6, 6.07) is 6.05. The van der Waals surface area contributed by atoms with Gasteiger partial charge in [-0.1, -0.05) is 11.6 Å². The molecule has 0 amide bonds. The Bertz CT molecular complexity index is 587. The smallest absolute Gasteiger partial charge is 0.141 e. The van der Waals surface area contributed by atoms with Gasteiger partial charge in [-0.25, -0.2) is 0 Å². The highest BCUT2D eigenvalue weighted by atomic mass is 16.5. The Balaban J connectivity index is 2.22. The molecule has 86 valence electrons. The molecular formula is C13H12N2O2. The summed E-state index contributed by atoms with van der Waals surface area (Å²) in [5.74, 6) is 0.857. The minimum atomic E-state index is 0.280. The van der Waals surface area contributed by atoms with Gasteiger partial charge in [-0.2, -0.15) is 5.10 Å². The maximum atomic E-state index is 10.6. The van der Waals surface area contributed by atoms with Gasteiger partial charge in [0.1, 0.15) is 18.6 Å². The summed E-state index contributed by atoms with van der Waals surface area (Å²) in [7, 11) is 0. The Morgan fingerprint density at radius 3 is 3.24 bits per heavy atom. The zero-order valence-corrected chi connectivity index (χ0v) is 9.51. The molecule has 1 aromatic heterocycles. The first-order valence-corrected chi connectivity index (χ1v) is 5.52. The van der Waals surface area contributed by atoms with Crippen molar-refractivity contribution in [1.82, 2.24) is 9.78 Å².